The molecule has 1 aromatic rings. The molecule has 1 aliphatic rings. The van der Waals surface area contributed by atoms with Crippen molar-refractivity contribution in [1.82, 2.24) is 25.5 Å². The number of carbonyl (C=O) groups excluding carboxylic acids is 1. The monoisotopic (exact) mass is 515 g/mol. The molecule has 8 nitrogen and oxygen atoms in total. The summed E-state index contributed by atoms with van der Waals surface area (Å²) in [7, 11) is 1.63. The van der Waals surface area contributed by atoms with E-state index in [9.17, 15) is 18.0 Å². The van der Waals surface area contributed by atoms with Crippen molar-refractivity contribution < 1.29 is 18.0 Å². The summed E-state index contributed by atoms with van der Waals surface area (Å²) in [5.74, 6) is 0.615. The third kappa shape index (κ3) is 7.28. The van der Waals surface area contributed by atoms with Crippen LogP contribution < -0.4 is 16.0 Å². The second-order valence-electron chi connectivity index (χ2n) is 6.01. The number of anilines is 1. The summed E-state index contributed by atoms with van der Waals surface area (Å²) in [6.07, 6.45) is -2.11. The molecule has 0 radical (unpaired) electrons. The number of nitrogens with one attached hydrogen (secondary N) is 3. The maximum atomic E-state index is 12.6. The van der Waals surface area contributed by atoms with E-state index in [1.165, 1.54) is 0 Å². The highest BCUT2D eigenvalue weighted by Crippen LogP contribution is 2.27. The number of rotatable bonds is 6. The Bertz CT molecular complexity index is 672. The molecule has 2 heterocycles. The predicted octanol–water partition coefficient (Wildman–Crippen LogP) is 1.70. The highest BCUT2D eigenvalue weighted by molar-refractivity contribution is 14.0. The van der Waals surface area contributed by atoms with Crippen LogP contribution >= 0.6 is 24.0 Å². The van der Waals surface area contributed by atoms with E-state index in [1.54, 1.807) is 7.05 Å². The van der Waals surface area contributed by atoms with E-state index in [4.69, 9.17) is 0 Å². The molecule has 0 aromatic carbocycles. The summed E-state index contributed by atoms with van der Waals surface area (Å²) in [5, 5.41) is 9.04. The minimum absolute atomic E-state index is 0. The van der Waals surface area contributed by atoms with Gasteiger partial charge in [-0.3, -0.25) is 9.79 Å². The lowest BCUT2D eigenvalue weighted by atomic mass is 10.3. The first-order valence-electron chi connectivity index (χ1n) is 8.72. The summed E-state index contributed by atoms with van der Waals surface area (Å²) >= 11 is 0. The van der Waals surface area contributed by atoms with Crippen LogP contribution in [0.15, 0.2) is 17.3 Å². The van der Waals surface area contributed by atoms with Gasteiger partial charge in [0.05, 0.1) is 0 Å². The van der Waals surface area contributed by atoms with E-state index in [0.29, 0.717) is 32.0 Å². The second-order valence-corrected chi connectivity index (χ2v) is 6.01. The van der Waals surface area contributed by atoms with Crippen LogP contribution in [-0.2, 0) is 11.0 Å². The van der Waals surface area contributed by atoms with Crippen LogP contribution in [0.3, 0.4) is 0 Å². The van der Waals surface area contributed by atoms with E-state index in [1.807, 2.05) is 11.8 Å². The van der Waals surface area contributed by atoms with E-state index < -0.39 is 11.9 Å². The standard InChI is InChI=1S/C16H24F3N7O.HI/c1-3-13(27)26-9-5-11(10-26)24-14(20-2)22-7-8-23-15-21-6-4-12(25-15)16(17,18)19;/h4,6,11H,3,5,7-10H2,1-2H3,(H2,20,22,24)(H,21,23,25);1H. The van der Waals surface area contributed by atoms with Gasteiger partial charge in [0.15, 0.2) is 5.96 Å². The zero-order valence-corrected chi connectivity index (χ0v) is 18.0. The van der Waals surface area contributed by atoms with E-state index in [-0.39, 0.29) is 41.9 Å². The number of hydrogen-bond donors (Lipinski definition) is 3. The minimum Gasteiger partial charge on any atom is -0.355 e. The van der Waals surface area contributed by atoms with Crippen LogP contribution in [0, 0.1) is 0 Å². The lowest BCUT2D eigenvalue weighted by Crippen LogP contribution is -2.46. The van der Waals surface area contributed by atoms with Gasteiger partial charge in [-0.25, -0.2) is 9.97 Å². The molecule has 1 amide bonds. The summed E-state index contributed by atoms with van der Waals surface area (Å²) in [5.41, 5.74) is -0.988. The number of carbonyl (C=O) groups is 1. The van der Waals surface area contributed by atoms with Crippen LogP contribution in [0.1, 0.15) is 25.5 Å². The van der Waals surface area contributed by atoms with Crippen molar-refractivity contribution >= 4 is 41.8 Å². The van der Waals surface area contributed by atoms with Gasteiger partial charge in [-0.1, -0.05) is 6.92 Å². The van der Waals surface area contributed by atoms with Gasteiger partial charge in [-0.2, -0.15) is 13.2 Å². The number of guanidine groups is 1. The summed E-state index contributed by atoms with van der Waals surface area (Å²) in [6, 6.07) is 0.940. The zero-order chi connectivity index (χ0) is 19.9. The van der Waals surface area contributed by atoms with Crippen molar-refractivity contribution in [1.29, 1.82) is 0 Å². The molecule has 1 atom stereocenters. The molecule has 12 heteroatoms. The van der Waals surface area contributed by atoms with Crippen LogP contribution in [0.4, 0.5) is 19.1 Å². The van der Waals surface area contributed by atoms with E-state index >= 15 is 0 Å². The predicted molar refractivity (Wildman–Crippen MR) is 111 cm³/mol. The smallest absolute Gasteiger partial charge is 0.355 e. The molecule has 28 heavy (non-hydrogen) atoms. The Hall–Kier alpha value is -1.86. The minimum atomic E-state index is -4.50. The first-order chi connectivity index (χ1) is 12.8. The molecular weight excluding hydrogens is 490 g/mol. The van der Waals surface area contributed by atoms with Crippen LogP contribution in [0.5, 0.6) is 0 Å². The Balaban J connectivity index is 0.00000392. The molecule has 0 bridgehead atoms. The topological polar surface area (TPSA) is 94.5 Å². The van der Waals surface area contributed by atoms with Gasteiger partial charge in [0.1, 0.15) is 5.69 Å². The molecule has 158 valence electrons. The quantitative estimate of drug-likeness (QED) is 0.231. The molecule has 0 spiro atoms. The number of hydrogen-bond acceptors (Lipinski definition) is 5. The molecule has 1 aromatic heterocycles. The largest absolute Gasteiger partial charge is 0.433 e. The number of aliphatic imine (C=N–C) groups is 1. The number of aromatic nitrogens is 2. The van der Waals surface area contributed by atoms with Gasteiger partial charge < -0.3 is 20.9 Å². The van der Waals surface area contributed by atoms with Crippen molar-refractivity contribution in [3.8, 4) is 0 Å². The first kappa shape index (κ1) is 24.2. The summed E-state index contributed by atoms with van der Waals surface area (Å²) in [4.78, 5) is 24.9. The van der Waals surface area contributed by atoms with Gasteiger partial charge in [0, 0.05) is 51.9 Å². The SMILES string of the molecule is CCC(=O)N1CCC(NC(=NC)NCCNc2nccc(C(F)(F)F)n2)C1.I. The number of halogens is 4. The van der Waals surface area contributed by atoms with Gasteiger partial charge in [0.2, 0.25) is 11.9 Å². The Morgan fingerprint density at radius 1 is 1.39 bits per heavy atom. The fraction of sp³-hybridized carbons (Fsp3) is 0.625. The van der Waals surface area contributed by atoms with Crippen molar-refractivity contribution in [3.63, 3.8) is 0 Å². The molecule has 1 aliphatic heterocycles. The Labute approximate surface area is 178 Å². The normalized spacial score (nSPS) is 17.1. The molecule has 0 saturated carbocycles. The van der Waals surface area contributed by atoms with Crippen LogP contribution in [0.25, 0.3) is 0 Å². The van der Waals surface area contributed by atoms with Gasteiger partial charge in [0.25, 0.3) is 0 Å². The lowest BCUT2D eigenvalue weighted by Gasteiger charge is -2.18. The van der Waals surface area contributed by atoms with Crippen LogP contribution in [0.2, 0.25) is 0 Å². The third-order valence-corrected chi connectivity index (χ3v) is 4.05. The van der Waals surface area contributed by atoms with Crippen molar-refractivity contribution in [2.24, 2.45) is 4.99 Å². The van der Waals surface area contributed by atoms with Gasteiger partial charge in [-0.05, 0) is 12.5 Å². The average molecular weight is 515 g/mol. The molecule has 1 fully saturated rings. The highest BCUT2D eigenvalue weighted by Gasteiger charge is 2.32. The Morgan fingerprint density at radius 2 is 2.14 bits per heavy atom. The summed E-state index contributed by atoms with van der Waals surface area (Å²) in [6.45, 7) is 3.90. The van der Waals surface area contributed by atoms with Crippen molar-refractivity contribution in [2.75, 3.05) is 38.5 Å². The Kier molecular flexibility index (Phi) is 9.69. The van der Waals surface area contributed by atoms with E-state index in [2.05, 4.69) is 30.9 Å². The maximum absolute atomic E-state index is 12.6. The summed E-state index contributed by atoms with van der Waals surface area (Å²) < 4.78 is 37.9. The van der Waals surface area contributed by atoms with Crippen molar-refractivity contribution in [2.45, 2.75) is 32.0 Å². The zero-order valence-electron chi connectivity index (χ0n) is 15.7. The molecular formula is C16H25F3IN7O. The molecule has 0 aliphatic carbocycles. The lowest BCUT2D eigenvalue weighted by molar-refractivity contribution is -0.141. The Morgan fingerprint density at radius 3 is 2.79 bits per heavy atom. The highest BCUT2D eigenvalue weighted by atomic mass is 127. The van der Waals surface area contributed by atoms with Crippen molar-refractivity contribution in [3.05, 3.63) is 18.0 Å². The number of nitrogens with zero attached hydrogens (tertiary/aromatic N) is 4. The van der Waals surface area contributed by atoms with Crippen LogP contribution in [-0.4, -0.2) is 66.0 Å². The fourth-order valence-electron chi connectivity index (χ4n) is 2.67. The fourth-order valence-corrected chi connectivity index (χ4v) is 2.67. The number of likely N-dealkylation sites (tertiary alicyclic amines) is 1. The first-order valence-corrected chi connectivity index (χ1v) is 8.72. The molecule has 1 saturated heterocycles. The van der Waals surface area contributed by atoms with E-state index in [0.717, 1.165) is 25.2 Å². The number of amides is 1. The molecule has 1 unspecified atom stereocenters. The van der Waals surface area contributed by atoms with Gasteiger partial charge in [-0.15, -0.1) is 24.0 Å². The average Bonchev–Trinajstić information content (AvgIpc) is 3.11. The molecule has 2 rings (SSSR count). The van der Waals surface area contributed by atoms with Gasteiger partial charge >= 0.3 is 6.18 Å². The second kappa shape index (κ2) is 11.2. The third-order valence-electron chi connectivity index (χ3n) is 4.05. The maximum Gasteiger partial charge on any atom is 0.433 e. The molecule has 3 N–H and O–H groups in total. The number of alkyl halides is 3.